The van der Waals surface area contributed by atoms with E-state index in [-0.39, 0.29) is 0 Å². The van der Waals surface area contributed by atoms with Crippen molar-refractivity contribution >= 4 is 17.4 Å². The van der Waals surface area contributed by atoms with Crippen LogP contribution in [0.25, 0.3) is 0 Å². The van der Waals surface area contributed by atoms with Crippen molar-refractivity contribution in [3.05, 3.63) is 51.5 Å². The molecule has 106 valence electrons. The number of hydrogen-bond donors (Lipinski definition) is 1. The van der Waals surface area contributed by atoms with Crippen LogP contribution in [0.2, 0.25) is 0 Å². The van der Waals surface area contributed by atoms with Crippen molar-refractivity contribution in [1.29, 1.82) is 0 Å². The van der Waals surface area contributed by atoms with Crippen LogP contribution in [0, 0.1) is 6.92 Å². The number of aromatic nitrogens is 1. The molecule has 5 heteroatoms. The number of carbonyl (C=O) groups is 1. The lowest BCUT2D eigenvalue weighted by Gasteiger charge is -2.02. The first-order valence-corrected chi connectivity index (χ1v) is 7.38. The number of nitrogens with one attached hydrogen (secondary N) is 1. The zero-order valence-electron chi connectivity index (χ0n) is 11.7. The number of nitrogens with zero attached hydrogens (tertiary/aromatic N) is 1. The summed E-state index contributed by atoms with van der Waals surface area (Å²) in [7, 11) is 0. The third kappa shape index (κ3) is 4.35. The number of carbonyl (C=O) groups excluding carboxylic acids is 1. The van der Waals surface area contributed by atoms with Crippen molar-refractivity contribution in [1.82, 2.24) is 10.3 Å². The minimum atomic E-state index is -0.400. The fourth-order valence-corrected chi connectivity index (χ4v) is 2.65. The van der Waals surface area contributed by atoms with Gasteiger partial charge in [-0.05, 0) is 19.4 Å². The monoisotopic (exact) mass is 290 g/mol. The van der Waals surface area contributed by atoms with E-state index in [1.807, 2.05) is 6.20 Å². The quantitative estimate of drug-likeness (QED) is 0.919. The van der Waals surface area contributed by atoms with E-state index in [0.717, 1.165) is 11.4 Å². The van der Waals surface area contributed by atoms with Gasteiger partial charge in [-0.1, -0.05) is 29.8 Å². The lowest BCUT2D eigenvalue weighted by molar-refractivity contribution is 0.151. The molecule has 0 saturated heterocycles. The van der Waals surface area contributed by atoms with Gasteiger partial charge < -0.3 is 10.1 Å². The first-order chi connectivity index (χ1) is 9.67. The maximum absolute atomic E-state index is 11.2. The number of alkyl carbamates (subject to hydrolysis) is 1. The van der Waals surface area contributed by atoms with Crippen LogP contribution in [0.5, 0.6) is 0 Å². The number of thiazole rings is 1. The van der Waals surface area contributed by atoms with Gasteiger partial charge in [0.05, 0.1) is 13.2 Å². The Kier molecular flexibility index (Phi) is 5.12. The Hall–Kier alpha value is -1.88. The molecule has 0 radical (unpaired) electrons. The Balaban J connectivity index is 1.88. The molecule has 1 aromatic carbocycles. The van der Waals surface area contributed by atoms with Gasteiger partial charge >= 0.3 is 6.09 Å². The summed E-state index contributed by atoms with van der Waals surface area (Å²) in [5.41, 5.74) is 2.53. The van der Waals surface area contributed by atoms with Gasteiger partial charge in [0.25, 0.3) is 0 Å². The second kappa shape index (κ2) is 7.05. The van der Waals surface area contributed by atoms with Crippen LogP contribution in [0.1, 0.15) is 27.9 Å². The average molecular weight is 290 g/mol. The van der Waals surface area contributed by atoms with Crippen LogP contribution in [0.15, 0.2) is 30.5 Å². The molecule has 1 amide bonds. The predicted molar refractivity (Wildman–Crippen MR) is 80.0 cm³/mol. The minimum absolute atomic E-state index is 0.377. The van der Waals surface area contributed by atoms with E-state index in [0.29, 0.717) is 13.2 Å². The van der Waals surface area contributed by atoms with E-state index in [1.165, 1.54) is 16.0 Å². The van der Waals surface area contributed by atoms with E-state index < -0.39 is 6.09 Å². The lowest BCUT2D eigenvalue weighted by Crippen LogP contribution is -2.23. The van der Waals surface area contributed by atoms with E-state index in [1.54, 1.807) is 18.3 Å². The van der Waals surface area contributed by atoms with Crippen molar-refractivity contribution in [3.63, 3.8) is 0 Å². The topological polar surface area (TPSA) is 51.2 Å². The summed E-state index contributed by atoms with van der Waals surface area (Å²) in [4.78, 5) is 16.7. The highest BCUT2D eigenvalue weighted by molar-refractivity contribution is 7.11. The number of ether oxygens (including phenoxy) is 1. The number of rotatable bonds is 5. The van der Waals surface area contributed by atoms with Crippen molar-refractivity contribution < 1.29 is 9.53 Å². The van der Waals surface area contributed by atoms with E-state index >= 15 is 0 Å². The van der Waals surface area contributed by atoms with Crippen molar-refractivity contribution in [2.24, 2.45) is 0 Å². The molecule has 20 heavy (non-hydrogen) atoms. The highest BCUT2D eigenvalue weighted by Gasteiger charge is 2.05. The predicted octanol–water partition coefficient (Wildman–Crippen LogP) is 3.29. The smallest absolute Gasteiger partial charge is 0.407 e. The number of amides is 1. The highest BCUT2D eigenvalue weighted by Crippen LogP contribution is 2.17. The van der Waals surface area contributed by atoms with Gasteiger partial charge in [0, 0.05) is 17.5 Å². The molecule has 0 saturated carbocycles. The van der Waals surface area contributed by atoms with Crippen molar-refractivity contribution in [2.75, 3.05) is 6.61 Å². The largest absolute Gasteiger partial charge is 0.450 e. The molecule has 0 fully saturated rings. The zero-order chi connectivity index (χ0) is 14.4. The number of hydrogen-bond acceptors (Lipinski definition) is 4. The Morgan fingerprint density at radius 3 is 2.80 bits per heavy atom. The summed E-state index contributed by atoms with van der Waals surface area (Å²) >= 11 is 1.61. The summed E-state index contributed by atoms with van der Waals surface area (Å²) in [5.74, 6) is 0. The first kappa shape index (κ1) is 14.5. The van der Waals surface area contributed by atoms with E-state index in [2.05, 4.69) is 41.5 Å². The Morgan fingerprint density at radius 2 is 2.10 bits per heavy atom. The molecule has 0 unspecified atom stereocenters. The Labute approximate surface area is 122 Å². The van der Waals surface area contributed by atoms with Gasteiger partial charge in [0.15, 0.2) is 0 Å². The molecule has 0 aliphatic rings. The van der Waals surface area contributed by atoms with Gasteiger partial charge in [0.2, 0.25) is 0 Å². The third-order valence-corrected chi connectivity index (χ3v) is 3.76. The SMILES string of the molecule is CCOC(=O)NCc1ncc(Cc2ccc(C)cc2)s1. The molecule has 2 rings (SSSR count). The molecule has 0 atom stereocenters. The van der Waals surface area contributed by atoms with Gasteiger partial charge in [-0.3, -0.25) is 0 Å². The average Bonchev–Trinajstić information content (AvgIpc) is 2.87. The molecule has 0 aliphatic heterocycles. The lowest BCUT2D eigenvalue weighted by atomic mass is 10.1. The van der Waals surface area contributed by atoms with Gasteiger partial charge in [-0.2, -0.15) is 0 Å². The van der Waals surface area contributed by atoms with Gasteiger partial charge in [-0.15, -0.1) is 11.3 Å². The fraction of sp³-hybridized carbons (Fsp3) is 0.333. The maximum atomic E-state index is 11.2. The van der Waals surface area contributed by atoms with Crippen molar-refractivity contribution in [2.45, 2.75) is 26.8 Å². The molecule has 1 N–H and O–H groups in total. The van der Waals surface area contributed by atoms with Gasteiger partial charge in [0.1, 0.15) is 5.01 Å². The van der Waals surface area contributed by atoms with Gasteiger partial charge in [-0.25, -0.2) is 9.78 Å². The summed E-state index contributed by atoms with van der Waals surface area (Å²) in [6.07, 6.45) is 2.34. The zero-order valence-corrected chi connectivity index (χ0v) is 12.5. The summed E-state index contributed by atoms with van der Waals surface area (Å²) in [6.45, 7) is 4.65. The Morgan fingerprint density at radius 1 is 1.35 bits per heavy atom. The third-order valence-electron chi connectivity index (χ3n) is 2.76. The van der Waals surface area contributed by atoms with Crippen molar-refractivity contribution in [3.8, 4) is 0 Å². The fourth-order valence-electron chi connectivity index (χ4n) is 1.75. The van der Waals surface area contributed by atoms with Crippen LogP contribution in [-0.4, -0.2) is 17.7 Å². The van der Waals surface area contributed by atoms with Crippen LogP contribution in [-0.2, 0) is 17.7 Å². The molecule has 0 bridgehead atoms. The molecule has 4 nitrogen and oxygen atoms in total. The molecule has 2 aromatic rings. The summed E-state index contributed by atoms with van der Waals surface area (Å²) in [5, 5.41) is 3.56. The molecule has 1 aromatic heterocycles. The number of aryl methyl sites for hydroxylation is 1. The molecular weight excluding hydrogens is 272 g/mol. The minimum Gasteiger partial charge on any atom is -0.450 e. The number of benzene rings is 1. The van der Waals surface area contributed by atoms with Crippen LogP contribution in [0.4, 0.5) is 4.79 Å². The Bertz CT molecular complexity index is 564. The standard InChI is InChI=1S/C15H18N2O2S/c1-3-19-15(18)17-10-14-16-9-13(20-14)8-12-6-4-11(2)5-7-12/h4-7,9H,3,8,10H2,1-2H3,(H,17,18). The van der Waals surface area contributed by atoms with Crippen LogP contribution >= 0.6 is 11.3 Å². The first-order valence-electron chi connectivity index (χ1n) is 6.57. The van der Waals surface area contributed by atoms with Crippen LogP contribution < -0.4 is 5.32 Å². The second-order valence-electron chi connectivity index (χ2n) is 4.46. The molecule has 1 heterocycles. The molecular formula is C15H18N2O2S. The second-order valence-corrected chi connectivity index (χ2v) is 5.66. The van der Waals surface area contributed by atoms with E-state index in [4.69, 9.17) is 4.74 Å². The summed E-state index contributed by atoms with van der Waals surface area (Å²) in [6, 6.07) is 8.48. The molecule has 0 spiro atoms. The maximum Gasteiger partial charge on any atom is 0.407 e. The van der Waals surface area contributed by atoms with Crippen LogP contribution in [0.3, 0.4) is 0 Å². The van der Waals surface area contributed by atoms with E-state index in [9.17, 15) is 4.79 Å². The highest BCUT2D eigenvalue weighted by atomic mass is 32.1. The summed E-state index contributed by atoms with van der Waals surface area (Å²) < 4.78 is 4.80. The normalized spacial score (nSPS) is 10.3. The molecule has 0 aliphatic carbocycles.